The zero-order valence-electron chi connectivity index (χ0n) is 12.7. The first kappa shape index (κ1) is 15.0. The standard InChI is InChI=1S/C17H21N3O/c1-11(2)14-5-4-12(3)8-16(14)21-10-13-6-7-20-15(9-13)17(18)19/h4-9,11H,10H2,1-3H3,(H3,18,19). The molecule has 0 aliphatic heterocycles. The Hall–Kier alpha value is -2.36. The topological polar surface area (TPSA) is 72.0 Å². The van der Waals surface area contributed by atoms with E-state index in [9.17, 15) is 0 Å². The highest BCUT2D eigenvalue weighted by molar-refractivity contribution is 5.93. The zero-order valence-corrected chi connectivity index (χ0v) is 12.7. The fraction of sp³-hybridized carbons (Fsp3) is 0.294. The third-order valence-corrected chi connectivity index (χ3v) is 3.29. The average molecular weight is 283 g/mol. The van der Waals surface area contributed by atoms with Crippen LogP contribution in [0.3, 0.4) is 0 Å². The molecule has 0 spiro atoms. The van der Waals surface area contributed by atoms with Crippen molar-refractivity contribution in [2.24, 2.45) is 5.73 Å². The number of amidine groups is 1. The summed E-state index contributed by atoms with van der Waals surface area (Å²) in [6.07, 6.45) is 1.65. The third kappa shape index (κ3) is 3.81. The lowest BCUT2D eigenvalue weighted by molar-refractivity contribution is 0.301. The second-order valence-corrected chi connectivity index (χ2v) is 5.45. The summed E-state index contributed by atoms with van der Waals surface area (Å²) in [5.74, 6) is 1.28. The number of rotatable bonds is 5. The molecule has 0 saturated carbocycles. The van der Waals surface area contributed by atoms with E-state index >= 15 is 0 Å². The Morgan fingerprint density at radius 1 is 1.29 bits per heavy atom. The van der Waals surface area contributed by atoms with Gasteiger partial charge in [-0.2, -0.15) is 0 Å². The van der Waals surface area contributed by atoms with Gasteiger partial charge in [0, 0.05) is 6.20 Å². The molecule has 0 fully saturated rings. The van der Waals surface area contributed by atoms with E-state index in [1.54, 1.807) is 12.3 Å². The number of pyridine rings is 1. The van der Waals surface area contributed by atoms with Crippen LogP contribution in [-0.4, -0.2) is 10.8 Å². The van der Waals surface area contributed by atoms with Gasteiger partial charge >= 0.3 is 0 Å². The Balaban J connectivity index is 2.18. The first-order valence-corrected chi connectivity index (χ1v) is 7.00. The van der Waals surface area contributed by atoms with Crippen molar-refractivity contribution in [1.29, 1.82) is 5.41 Å². The second kappa shape index (κ2) is 6.39. The number of nitrogens with two attached hydrogens (primary N) is 1. The van der Waals surface area contributed by atoms with Crippen molar-refractivity contribution >= 4 is 5.84 Å². The van der Waals surface area contributed by atoms with Gasteiger partial charge in [-0.1, -0.05) is 26.0 Å². The fourth-order valence-electron chi connectivity index (χ4n) is 2.12. The molecule has 0 bridgehead atoms. The summed E-state index contributed by atoms with van der Waals surface area (Å²) in [4.78, 5) is 4.05. The van der Waals surface area contributed by atoms with Crippen LogP contribution in [0.15, 0.2) is 36.5 Å². The van der Waals surface area contributed by atoms with Crippen LogP contribution in [-0.2, 0) is 6.61 Å². The summed E-state index contributed by atoms with van der Waals surface area (Å²) < 4.78 is 5.96. The van der Waals surface area contributed by atoms with Crippen molar-refractivity contribution in [3.05, 3.63) is 58.9 Å². The van der Waals surface area contributed by atoms with Crippen molar-refractivity contribution < 1.29 is 4.74 Å². The largest absolute Gasteiger partial charge is 0.489 e. The molecule has 21 heavy (non-hydrogen) atoms. The Kier molecular flexibility index (Phi) is 4.58. The number of aromatic nitrogens is 1. The average Bonchev–Trinajstić information content (AvgIpc) is 2.45. The molecule has 4 heteroatoms. The van der Waals surface area contributed by atoms with Crippen molar-refractivity contribution in [2.45, 2.75) is 33.3 Å². The second-order valence-electron chi connectivity index (χ2n) is 5.45. The first-order chi connectivity index (χ1) is 9.97. The molecule has 0 saturated heterocycles. The van der Waals surface area contributed by atoms with E-state index in [4.69, 9.17) is 15.9 Å². The molecule has 1 heterocycles. The number of nitrogen functional groups attached to an aromatic ring is 1. The van der Waals surface area contributed by atoms with Crippen LogP contribution < -0.4 is 10.5 Å². The smallest absolute Gasteiger partial charge is 0.141 e. The quantitative estimate of drug-likeness (QED) is 0.652. The van der Waals surface area contributed by atoms with Crippen LogP contribution in [0.4, 0.5) is 0 Å². The summed E-state index contributed by atoms with van der Waals surface area (Å²) in [7, 11) is 0. The molecule has 1 aromatic heterocycles. The predicted molar refractivity (Wildman–Crippen MR) is 84.9 cm³/mol. The Morgan fingerprint density at radius 3 is 2.71 bits per heavy atom. The Bertz CT molecular complexity index is 650. The summed E-state index contributed by atoms with van der Waals surface area (Å²) in [5.41, 5.74) is 9.25. The van der Waals surface area contributed by atoms with Crippen LogP contribution in [0.5, 0.6) is 5.75 Å². The predicted octanol–water partition coefficient (Wildman–Crippen LogP) is 3.38. The summed E-state index contributed by atoms with van der Waals surface area (Å²) in [6, 6.07) is 9.93. The number of nitrogens with zero attached hydrogens (tertiary/aromatic N) is 1. The van der Waals surface area contributed by atoms with Crippen LogP contribution in [0, 0.1) is 12.3 Å². The minimum absolute atomic E-state index is 0.0322. The van der Waals surface area contributed by atoms with Crippen LogP contribution in [0.2, 0.25) is 0 Å². The monoisotopic (exact) mass is 283 g/mol. The Morgan fingerprint density at radius 2 is 2.05 bits per heavy atom. The highest BCUT2D eigenvalue weighted by Crippen LogP contribution is 2.28. The lowest BCUT2D eigenvalue weighted by Gasteiger charge is -2.15. The lowest BCUT2D eigenvalue weighted by atomic mass is 10.0. The number of ether oxygens (including phenoxy) is 1. The van der Waals surface area contributed by atoms with Gasteiger partial charge in [0.15, 0.2) is 0 Å². The van der Waals surface area contributed by atoms with Gasteiger partial charge in [-0.3, -0.25) is 10.4 Å². The summed E-state index contributed by atoms with van der Waals surface area (Å²) >= 11 is 0. The highest BCUT2D eigenvalue weighted by Gasteiger charge is 2.09. The number of nitrogens with one attached hydrogen (secondary N) is 1. The lowest BCUT2D eigenvalue weighted by Crippen LogP contribution is -2.13. The van der Waals surface area contributed by atoms with E-state index in [2.05, 4.69) is 44.0 Å². The summed E-state index contributed by atoms with van der Waals surface area (Å²) in [5, 5.41) is 7.42. The zero-order chi connectivity index (χ0) is 15.4. The van der Waals surface area contributed by atoms with E-state index in [0.717, 1.165) is 11.3 Å². The molecule has 0 atom stereocenters. The number of benzene rings is 1. The Labute approximate surface area is 125 Å². The molecular weight excluding hydrogens is 262 g/mol. The van der Waals surface area contributed by atoms with E-state index in [0.29, 0.717) is 18.2 Å². The van der Waals surface area contributed by atoms with E-state index in [1.807, 2.05) is 6.07 Å². The maximum atomic E-state index is 7.42. The molecule has 0 aliphatic rings. The van der Waals surface area contributed by atoms with Crippen LogP contribution >= 0.6 is 0 Å². The van der Waals surface area contributed by atoms with Gasteiger partial charge in [-0.05, 0) is 47.7 Å². The number of hydrogen-bond acceptors (Lipinski definition) is 3. The molecule has 110 valence electrons. The van der Waals surface area contributed by atoms with Gasteiger partial charge in [-0.15, -0.1) is 0 Å². The molecule has 0 radical (unpaired) electrons. The van der Waals surface area contributed by atoms with Gasteiger partial charge in [-0.25, -0.2) is 0 Å². The van der Waals surface area contributed by atoms with Gasteiger partial charge < -0.3 is 10.5 Å². The van der Waals surface area contributed by atoms with Gasteiger partial charge in [0.2, 0.25) is 0 Å². The van der Waals surface area contributed by atoms with Gasteiger partial charge in [0.1, 0.15) is 23.9 Å². The van der Waals surface area contributed by atoms with Gasteiger partial charge in [0.05, 0.1) is 0 Å². The van der Waals surface area contributed by atoms with Crippen molar-refractivity contribution in [1.82, 2.24) is 4.98 Å². The molecule has 0 amide bonds. The highest BCUT2D eigenvalue weighted by atomic mass is 16.5. The molecule has 4 nitrogen and oxygen atoms in total. The van der Waals surface area contributed by atoms with E-state index in [-0.39, 0.29) is 5.84 Å². The van der Waals surface area contributed by atoms with Crippen molar-refractivity contribution in [3.63, 3.8) is 0 Å². The fourth-order valence-corrected chi connectivity index (χ4v) is 2.12. The molecule has 2 rings (SSSR count). The third-order valence-electron chi connectivity index (χ3n) is 3.29. The molecule has 0 aliphatic carbocycles. The molecule has 2 aromatic rings. The first-order valence-electron chi connectivity index (χ1n) is 7.00. The van der Waals surface area contributed by atoms with Crippen molar-refractivity contribution in [3.8, 4) is 5.75 Å². The van der Waals surface area contributed by atoms with E-state index < -0.39 is 0 Å². The minimum Gasteiger partial charge on any atom is -0.489 e. The maximum Gasteiger partial charge on any atom is 0.141 e. The molecule has 3 N–H and O–H groups in total. The minimum atomic E-state index is -0.0322. The molecule has 1 aromatic carbocycles. The van der Waals surface area contributed by atoms with E-state index in [1.165, 1.54) is 11.1 Å². The van der Waals surface area contributed by atoms with Crippen molar-refractivity contribution in [2.75, 3.05) is 0 Å². The van der Waals surface area contributed by atoms with Crippen LogP contribution in [0.1, 0.15) is 42.1 Å². The maximum absolute atomic E-state index is 7.42. The normalized spacial score (nSPS) is 10.7. The SMILES string of the molecule is Cc1ccc(C(C)C)c(OCc2ccnc(C(=N)N)c2)c1. The van der Waals surface area contributed by atoms with Gasteiger partial charge in [0.25, 0.3) is 0 Å². The summed E-state index contributed by atoms with van der Waals surface area (Å²) in [6.45, 7) is 6.79. The molecular formula is C17H21N3O. The van der Waals surface area contributed by atoms with Crippen LogP contribution in [0.25, 0.3) is 0 Å². The molecule has 0 unspecified atom stereocenters. The number of aryl methyl sites for hydroxylation is 1. The number of hydrogen-bond donors (Lipinski definition) is 2.